The van der Waals surface area contributed by atoms with Crippen molar-refractivity contribution in [2.45, 2.75) is 65.0 Å². The highest BCUT2D eigenvalue weighted by molar-refractivity contribution is 6.16. The maximum Gasteiger partial charge on any atom is 0.324 e. The van der Waals surface area contributed by atoms with Crippen LogP contribution in [0.2, 0.25) is 0 Å². The fourth-order valence-electron chi connectivity index (χ4n) is 7.67. The second-order valence-corrected chi connectivity index (χ2v) is 10.2. The van der Waals surface area contributed by atoms with Crippen molar-refractivity contribution >= 4 is 17.7 Å². The van der Waals surface area contributed by atoms with Gasteiger partial charge in [-0.1, -0.05) is 20.4 Å². The number of carbonyl (C=O) groups excluding carboxylic acids is 3. The highest BCUT2D eigenvalue weighted by Gasteiger charge is 2.81. The summed E-state index contributed by atoms with van der Waals surface area (Å²) in [6.07, 6.45) is 0.373. The molecule has 158 valence electrons. The van der Waals surface area contributed by atoms with Gasteiger partial charge in [0, 0.05) is 24.2 Å². The number of esters is 2. The van der Waals surface area contributed by atoms with Crippen molar-refractivity contribution < 1.29 is 33.7 Å². The molecule has 5 fully saturated rings. The Hall–Kier alpha value is -1.73. The molecule has 0 radical (unpaired) electrons. The Morgan fingerprint density at radius 1 is 1.24 bits per heavy atom. The monoisotopic (exact) mass is 404 g/mol. The average Bonchev–Trinajstić information content (AvgIpc) is 3.05. The normalized spacial score (nSPS) is 49.7. The summed E-state index contributed by atoms with van der Waals surface area (Å²) in [6, 6.07) is 0. The molecule has 2 bridgehead atoms. The van der Waals surface area contributed by atoms with Gasteiger partial charge in [-0.05, 0) is 42.6 Å². The molecular weight excluding hydrogens is 376 g/mol. The van der Waals surface area contributed by atoms with Crippen molar-refractivity contribution in [1.29, 1.82) is 0 Å². The van der Waals surface area contributed by atoms with E-state index in [1.165, 1.54) is 6.92 Å². The molecule has 5 aliphatic rings. The predicted octanol–water partition coefficient (Wildman–Crippen LogP) is 1.77. The van der Waals surface area contributed by atoms with Gasteiger partial charge in [-0.25, -0.2) is 0 Å². The fourth-order valence-corrected chi connectivity index (χ4v) is 7.67. The summed E-state index contributed by atoms with van der Waals surface area (Å²) in [5, 5.41) is 10.8. The van der Waals surface area contributed by atoms with Gasteiger partial charge in [0.2, 0.25) is 0 Å². The molecule has 3 aliphatic carbocycles. The topological polar surface area (TPSA) is 99.1 Å². The molecule has 2 spiro atoms. The molecule has 0 unspecified atom stereocenters. The highest BCUT2D eigenvalue weighted by Crippen LogP contribution is 2.71. The minimum Gasteiger partial charge on any atom is -0.461 e. The molecule has 7 heteroatoms. The maximum atomic E-state index is 13.6. The van der Waals surface area contributed by atoms with Gasteiger partial charge in [0.15, 0.2) is 17.5 Å². The van der Waals surface area contributed by atoms with Gasteiger partial charge in [-0.3, -0.25) is 14.4 Å². The molecule has 0 aromatic heterocycles. The van der Waals surface area contributed by atoms with Crippen LogP contribution in [-0.2, 0) is 28.6 Å². The van der Waals surface area contributed by atoms with E-state index in [0.29, 0.717) is 24.8 Å². The summed E-state index contributed by atoms with van der Waals surface area (Å²) in [5.41, 5.74) is -2.17. The molecule has 1 N–H and O–H groups in total. The minimum absolute atomic E-state index is 0.226. The van der Waals surface area contributed by atoms with Gasteiger partial charge in [-0.2, -0.15) is 0 Å². The van der Waals surface area contributed by atoms with Crippen molar-refractivity contribution in [3.05, 3.63) is 12.2 Å². The number of carbonyl (C=O) groups is 3. The quantitative estimate of drug-likeness (QED) is 0.404. The molecule has 5 rings (SSSR count). The van der Waals surface area contributed by atoms with Gasteiger partial charge in [-0.15, -0.1) is 0 Å². The Morgan fingerprint density at radius 2 is 1.97 bits per heavy atom. The van der Waals surface area contributed by atoms with E-state index in [9.17, 15) is 19.5 Å². The molecule has 7 nitrogen and oxygen atoms in total. The molecule has 8 atom stereocenters. The first-order valence-electron chi connectivity index (χ1n) is 10.5. The second-order valence-electron chi connectivity index (χ2n) is 10.2. The third kappa shape index (κ3) is 2.03. The van der Waals surface area contributed by atoms with Crippen LogP contribution in [-0.4, -0.2) is 47.9 Å². The van der Waals surface area contributed by atoms with E-state index in [1.54, 1.807) is 0 Å². The van der Waals surface area contributed by atoms with Crippen LogP contribution in [0.15, 0.2) is 12.2 Å². The van der Waals surface area contributed by atoms with Crippen molar-refractivity contribution in [3.8, 4) is 0 Å². The SMILES string of the molecule is C=C1C(=O)[C@@]23C(=O)O[C@H]4CCC(C)(C)[C@H]5[C@H](O)OC[C@@]45[C@@H]2CC[C@@H]1[C@H]3OC(C)=O. The van der Waals surface area contributed by atoms with Gasteiger partial charge in [0.05, 0.1) is 6.61 Å². The number of Topliss-reactive ketones (excluding diaryl/α,β-unsaturated/α-hetero) is 1. The van der Waals surface area contributed by atoms with Crippen LogP contribution < -0.4 is 0 Å². The fraction of sp³-hybridized carbons (Fsp3) is 0.773. The number of aliphatic hydroxyl groups is 1. The van der Waals surface area contributed by atoms with E-state index in [-0.39, 0.29) is 29.6 Å². The Kier molecular flexibility index (Phi) is 3.78. The minimum atomic E-state index is -1.58. The van der Waals surface area contributed by atoms with Gasteiger partial charge in [0.25, 0.3) is 0 Å². The van der Waals surface area contributed by atoms with Gasteiger partial charge in [0.1, 0.15) is 12.2 Å². The smallest absolute Gasteiger partial charge is 0.324 e. The molecule has 0 aromatic carbocycles. The predicted molar refractivity (Wildman–Crippen MR) is 99.1 cm³/mol. The van der Waals surface area contributed by atoms with E-state index < -0.39 is 47.2 Å². The molecule has 3 saturated carbocycles. The molecule has 29 heavy (non-hydrogen) atoms. The van der Waals surface area contributed by atoms with Gasteiger partial charge < -0.3 is 19.3 Å². The lowest BCUT2D eigenvalue weighted by atomic mass is 9.43. The van der Waals surface area contributed by atoms with Crippen LogP contribution in [0.1, 0.15) is 46.5 Å². The molecule has 0 amide bonds. The van der Waals surface area contributed by atoms with Gasteiger partial charge >= 0.3 is 11.9 Å². The van der Waals surface area contributed by atoms with Crippen LogP contribution >= 0.6 is 0 Å². The summed E-state index contributed by atoms with van der Waals surface area (Å²) in [7, 11) is 0. The zero-order valence-corrected chi connectivity index (χ0v) is 17.1. The first-order valence-corrected chi connectivity index (χ1v) is 10.5. The maximum absolute atomic E-state index is 13.6. The molecule has 2 heterocycles. The second kappa shape index (κ2) is 5.70. The molecular formula is C22H28O7. The number of hydrogen-bond acceptors (Lipinski definition) is 7. The molecule has 2 aliphatic heterocycles. The van der Waals surface area contributed by atoms with Crippen LogP contribution in [0.4, 0.5) is 0 Å². The molecule has 2 saturated heterocycles. The van der Waals surface area contributed by atoms with Crippen molar-refractivity contribution in [3.63, 3.8) is 0 Å². The van der Waals surface area contributed by atoms with Crippen LogP contribution in [0.5, 0.6) is 0 Å². The highest BCUT2D eigenvalue weighted by atomic mass is 16.6. The summed E-state index contributed by atoms with van der Waals surface area (Å²) in [4.78, 5) is 38.9. The largest absolute Gasteiger partial charge is 0.461 e. The number of ether oxygens (including phenoxy) is 3. The van der Waals surface area contributed by atoms with Crippen LogP contribution in [0, 0.1) is 34.0 Å². The summed E-state index contributed by atoms with van der Waals surface area (Å²) in [5.74, 6) is -2.56. The average molecular weight is 404 g/mol. The third-order valence-electron chi connectivity index (χ3n) is 8.63. The lowest BCUT2D eigenvalue weighted by molar-refractivity contribution is -0.251. The van der Waals surface area contributed by atoms with E-state index in [0.717, 1.165) is 6.42 Å². The van der Waals surface area contributed by atoms with Crippen molar-refractivity contribution in [2.24, 2.45) is 34.0 Å². The standard InChI is InChI=1S/C22H28O7/c1-10-12-5-6-13-21-9-27-18(25)15(21)20(3,4)8-7-14(21)29-19(26)22(13,16(10)24)17(12)28-11(2)23/h12-15,17-18,25H,1,5-9H2,2-4H3/t12-,13-,14-,15+,17+,18+,21+,22-/m0/s1. The Balaban J connectivity index is 1.73. The first kappa shape index (κ1) is 19.2. The number of ketones is 1. The first-order chi connectivity index (χ1) is 13.6. The number of aliphatic hydroxyl groups excluding tert-OH is 1. The van der Waals surface area contributed by atoms with E-state index in [4.69, 9.17) is 14.2 Å². The zero-order valence-electron chi connectivity index (χ0n) is 17.1. The van der Waals surface area contributed by atoms with Crippen LogP contribution in [0.3, 0.4) is 0 Å². The number of rotatable bonds is 1. The van der Waals surface area contributed by atoms with Crippen LogP contribution in [0.25, 0.3) is 0 Å². The van der Waals surface area contributed by atoms with Crippen molar-refractivity contribution in [2.75, 3.05) is 6.61 Å². The lowest BCUT2D eigenvalue weighted by Crippen LogP contribution is -2.71. The van der Waals surface area contributed by atoms with Crippen molar-refractivity contribution in [1.82, 2.24) is 0 Å². The Labute approximate surface area is 169 Å². The third-order valence-corrected chi connectivity index (χ3v) is 8.63. The summed E-state index contributed by atoms with van der Waals surface area (Å²) in [6.45, 7) is 9.67. The summed E-state index contributed by atoms with van der Waals surface area (Å²) < 4.78 is 17.4. The Bertz CT molecular complexity index is 831. The molecule has 0 aromatic rings. The summed E-state index contributed by atoms with van der Waals surface area (Å²) >= 11 is 0. The lowest BCUT2D eigenvalue weighted by Gasteiger charge is -2.62. The number of fused-ring (bicyclic) bond motifs is 1. The van der Waals surface area contributed by atoms with E-state index in [2.05, 4.69) is 20.4 Å². The zero-order chi connectivity index (χ0) is 20.9. The van der Waals surface area contributed by atoms with E-state index >= 15 is 0 Å². The van der Waals surface area contributed by atoms with E-state index in [1.807, 2.05) is 0 Å². The Morgan fingerprint density at radius 3 is 2.66 bits per heavy atom. The number of hydrogen-bond donors (Lipinski definition) is 1.